The summed E-state index contributed by atoms with van der Waals surface area (Å²) in [4.78, 5) is 7.38. The molecule has 0 aliphatic carbocycles. The molecule has 112 valence electrons. The third-order valence-corrected chi connectivity index (χ3v) is 5.18. The Morgan fingerprint density at radius 3 is 2.95 bits per heavy atom. The molecule has 20 heavy (non-hydrogen) atoms. The largest absolute Gasteiger partial charge is 0.332 e. The normalized spacial score (nSPS) is 27.8. The highest BCUT2D eigenvalue weighted by atomic mass is 15.2. The first-order chi connectivity index (χ1) is 9.63. The van der Waals surface area contributed by atoms with Crippen molar-refractivity contribution in [2.45, 2.75) is 65.5 Å². The van der Waals surface area contributed by atoms with E-state index in [0.29, 0.717) is 6.04 Å². The molecule has 0 radical (unpaired) electrons. The Hall–Kier alpha value is -0.830. The molecule has 2 unspecified atom stereocenters. The molecular formula is C17H29N3. The number of imidazole rings is 1. The van der Waals surface area contributed by atoms with Gasteiger partial charge in [0.1, 0.15) is 5.82 Å². The maximum Gasteiger partial charge on any atom is 0.109 e. The van der Waals surface area contributed by atoms with E-state index in [0.717, 1.165) is 11.8 Å². The highest BCUT2D eigenvalue weighted by molar-refractivity contribution is 5.09. The van der Waals surface area contributed by atoms with Crippen molar-refractivity contribution in [3.05, 3.63) is 17.7 Å². The number of aromatic nitrogens is 2. The Kier molecular flexibility index (Phi) is 4.16. The first-order valence-corrected chi connectivity index (χ1v) is 8.40. The molecule has 2 atom stereocenters. The van der Waals surface area contributed by atoms with Crippen LogP contribution in [0.3, 0.4) is 0 Å². The average molecular weight is 275 g/mol. The SMILES string of the molecule is CC1CCn2c(cnc2CC2CCCN(C(C)C)C2)C1. The van der Waals surface area contributed by atoms with Crippen molar-refractivity contribution < 1.29 is 0 Å². The van der Waals surface area contributed by atoms with Crippen LogP contribution in [0.5, 0.6) is 0 Å². The van der Waals surface area contributed by atoms with Crippen LogP contribution in [0.1, 0.15) is 51.6 Å². The van der Waals surface area contributed by atoms with Crippen LogP contribution in [0.4, 0.5) is 0 Å². The van der Waals surface area contributed by atoms with Gasteiger partial charge in [-0.2, -0.15) is 0 Å². The van der Waals surface area contributed by atoms with Crippen LogP contribution in [0.25, 0.3) is 0 Å². The zero-order valence-corrected chi connectivity index (χ0v) is 13.3. The second-order valence-corrected chi connectivity index (χ2v) is 7.22. The summed E-state index contributed by atoms with van der Waals surface area (Å²) in [5, 5.41) is 0. The number of nitrogens with zero attached hydrogens (tertiary/aromatic N) is 3. The second kappa shape index (κ2) is 5.88. The first-order valence-electron chi connectivity index (χ1n) is 8.40. The van der Waals surface area contributed by atoms with Crippen LogP contribution >= 0.6 is 0 Å². The predicted molar refractivity (Wildman–Crippen MR) is 82.8 cm³/mol. The Morgan fingerprint density at radius 2 is 2.15 bits per heavy atom. The molecular weight excluding hydrogens is 246 g/mol. The van der Waals surface area contributed by atoms with Crippen molar-refractivity contribution >= 4 is 0 Å². The van der Waals surface area contributed by atoms with Crippen molar-refractivity contribution in [1.82, 2.24) is 14.5 Å². The van der Waals surface area contributed by atoms with Gasteiger partial charge in [0.05, 0.1) is 0 Å². The highest BCUT2D eigenvalue weighted by Gasteiger charge is 2.25. The number of hydrogen-bond acceptors (Lipinski definition) is 2. The summed E-state index contributed by atoms with van der Waals surface area (Å²) in [6.07, 6.45) is 8.58. The molecule has 3 nitrogen and oxygen atoms in total. The zero-order valence-electron chi connectivity index (χ0n) is 13.3. The van der Waals surface area contributed by atoms with E-state index in [4.69, 9.17) is 4.98 Å². The van der Waals surface area contributed by atoms with Crippen LogP contribution in [0.15, 0.2) is 6.20 Å². The van der Waals surface area contributed by atoms with E-state index in [1.807, 2.05) is 0 Å². The standard InChI is InChI=1S/C17H29N3/c1-13(2)19-7-4-5-15(12-19)10-17-18-11-16-9-14(3)6-8-20(16)17/h11,13-15H,4-10,12H2,1-3H3. The van der Waals surface area contributed by atoms with Crippen LogP contribution in [0, 0.1) is 11.8 Å². The van der Waals surface area contributed by atoms with Gasteiger partial charge < -0.3 is 9.47 Å². The first kappa shape index (κ1) is 14.1. The van der Waals surface area contributed by atoms with Crippen molar-refractivity contribution in [2.24, 2.45) is 11.8 Å². The van der Waals surface area contributed by atoms with E-state index in [1.54, 1.807) is 0 Å². The summed E-state index contributed by atoms with van der Waals surface area (Å²) in [7, 11) is 0. The van der Waals surface area contributed by atoms with Crippen molar-refractivity contribution in [3.63, 3.8) is 0 Å². The molecule has 0 amide bonds. The fourth-order valence-corrected chi connectivity index (χ4v) is 3.85. The van der Waals surface area contributed by atoms with E-state index < -0.39 is 0 Å². The molecule has 0 aromatic carbocycles. The smallest absolute Gasteiger partial charge is 0.109 e. The highest BCUT2D eigenvalue weighted by Crippen LogP contribution is 2.25. The molecule has 1 aromatic rings. The van der Waals surface area contributed by atoms with E-state index >= 15 is 0 Å². The van der Waals surface area contributed by atoms with E-state index in [2.05, 4.69) is 36.4 Å². The zero-order chi connectivity index (χ0) is 14.1. The summed E-state index contributed by atoms with van der Waals surface area (Å²) in [6, 6.07) is 0.688. The molecule has 1 saturated heterocycles. The number of hydrogen-bond donors (Lipinski definition) is 0. The minimum atomic E-state index is 0.688. The number of fused-ring (bicyclic) bond motifs is 1. The second-order valence-electron chi connectivity index (χ2n) is 7.22. The van der Waals surface area contributed by atoms with Gasteiger partial charge in [-0.15, -0.1) is 0 Å². The molecule has 2 aliphatic rings. The minimum absolute atomic E-state index is 0.688. The van der Waals surface area contributed by atoms with E-state index in [1.165, 1.54) is 63.3 Å². The Bertz CT molecular complexity index is 449. The fourth-order valence-electron chi connectivity index (χ4n) is 3.85. The van der Waals surface area contributed by atoms with Crippen LogP contribution in [0.2, 0.25) is 0 Å². The lowest BCUT2D eigenvalue weighted by Gasteiger charge is -2.35. The molecule has 0 spiro atoms. The Morgan fingerprint density at radius 1 is 1.30 bits per heavy atom. The third-order valence-electron chi connectivity index (χ3n) is 5.18. The quantitative estimate of drug-likeness (QED) is 0.845. The number of likely N-dealkylation sites (tertiary alicyclic amines) is 1. The van der Waals surface area contributed by atoms with Gasteiger partial charge in [-0.1, -0.05) is 6.92 Å². The number of rotatable bonds is 3. The van der Waals surface area contributed by atoms with E-state index in [-0.39, 0.29) is 0 Å². The molecule has 3 rings (SSSR count). The Balaban J connectivity index is 1.66. The molecule has 1 aromatic heterocycles. The summed E-state index contributed by atoms with van der Waals surface area (Å²) in [5.74, 6) is 2.98. The third kappa shape index (κ3) is 2.93. The van der Waals surface area contributed by atoms with Crippen molar-refractivity contribution in [2.75, 3.05) is 13.1 Å². The van der Waals surface area contributed by atoms with Gasteiger partial charge in [0, 0.05) is 37.4 Å². The maximum atomic E-state index is 4.74. The molecule has 0 bridgehead atoms. The van der Waals surface area contributed by atoms with Crippen molar-refractivity contribution in [1.29, 1.82) is 0 Å². The predicted octanol–water partition coefficient (Wildman–Crippen LogP) is 3.13. The molecule has 3 heterocycles. The molecule has 0 saturated carbocycles. The van der Waals surface area contributed by atoms with Crippen LogP contribution in [-0.4, -0.2) is 33.6 Å². The van der Waals surface area contributed by atoms with E-state index in [9.17, 15) is 0 Å². The molecule has 0 N–H and O–H groups in total. The van der Waals surface area contributed by atoms with Gasteiger partial charge in [0.25, 0.3) is 0 Å². The van der Waals surface area contributed by atoms with Crippen LogP contribution in [-0.2, 0) is 19.4 Å². The average Bonchev–Trinajstić information content (AvgIpc) is 2.81. The van der Waals surface area contributed by atoms with Gasteiger partial charge in [0.15, 0.2) is 0 Å². The lowest BCUT2D eigenvalue weighted by atomic mass is 9.93. The molecule has 1 fully saturated rings. The fraction of sp³-hybridized carbons (Fsp3) is 0.824. The molecule has 3 heteroatoms. The van der Waals surface area contributed by atoms with Gasteiger partial charge >= 0.3 is 0 Å². The number of piperidine rings is 1. The summed E-state index contributed by atoms with van der Waals surface area (Å²) < 4.78 is 2.51. The maximum absolute atomic E-state index is 4.74. The summed E-state index contributed by atoms with van der Waals surface area (Å²) in [6.45, 7) is 10.7. The van der Waals surface area contributed by atoms with Gasteiger partial charge in [-0.25, -0.2) is 4.98 Å². The summed E-state index contributed by atoms with van der Waals surface area (Å²) >= 11 is 0. The van der Waals surface area contributed by atoms with Gasteiger partial charge in [-0.05, 0) is 57.9 Å². The lowest BCUT2D eigenvalue weighted by molar-refractivity contribution is 0.138. The Labute approximate surface area is 123 Å². The summed E-state index contributed by atoms with van der Waals surface area (Å²) in [5.41, 5.74) is 1.47. The van der Waals surface area contributed by atoms with Gasteiger partial charge in [0.2, 0.25) is 0 Å². The lowest BCUT2D eigenvalue weighted by Crippen LogP contribution is -2.40. The topological polar surface area (TPSA) is 21.1 Å². The van der Waals surface area contributed by atoms with Crippen molar-refractivity contribution in [3.8, 4) is 0 Å². The van der Waals surface area contributed by atoms with Crippen LogP contribution < -0.4 is 0 Å². The minimum Gasteiger partial charge on any atom is -0.332 e. The molecule has 2 aliphatic heterocycles. The monoisotopic (exact) mass is 275 g/mol. The van der Waals surface area contributed by atoms with Gasteiger partial charge in [-0.3, -0.25) is 0 Å².